The van der Waals surface area contributed by atoms with Gasteiger partial charge < -0.3 is 10.6 Å². The number of benzene rings is 1. The van der Waals surface area contributed by atoms with Crippen molar-refractivity contribution in [2.24, 2.45) is 0 Å². The Morgan fingerprint density at radius 2 is 1.71 bits per heavy atom. The van der Waals surface area contributed by atoms with Crippen molar-refractivity contribution in [3.8, 4) is 0 Å². The Balaban J connectivity index is 2.34. The number of nitrogens with one attached hydrogen (secondary N) is 4. The highest BCUT2D eigenvalue weighted by molar-refractivity contribution is 7.80. The molecule has 0 aliphatic rings. The summed E-state index contributed by atoms with van der Waals surface area (Å²) in [5.74, 6) is -0.291. The van der Waals surface area contributed by atoms with Crippen molar-refractivity contribution in [3.63, 3.8) is 0 Å². The van der Waals surface area contributed by atoms with Crippen LogP contribution in [-0.4, -0.2) is 16.8 Å². The van der Waals surface area contributed by atoms with Gasteiger partial charge in [0.15, 0.2) is 10.2 Å². The highest BCUT2D eigenvalue weighted by Gasteiger charge is 1.98. The number of hydrazine groups is 1. The smallest absolute Gasteiger partial charge is 0.189 e. The Kier molecular flexibility index (Phi) is 5.58. The van der Waals surface area contributed by atoms with E-state index in [1.54, 1.807) is 12.1 Å². The molecule has 4 N–H and O–H groups in total. The Morgan fingerprint density at radius 1 is 1.12 bits per heavy atom. The summed E-state index contributed by atoms with van der Waals surface area (Å²) in [4.78, 5) is 0. The summed E-state index contributed by atoms with van der Waals surface area (Å²) in [5, 5.41) is 6.56. The lowest BCUT2D eigenvalue weighted by Crippen LogP contribution is -2.48. The van der Waals surface area contributed by atoms with Crippen LogP contribution in [0.5, 0.6) is 0 Å². The molecular formula is C10H13FN4S2. The maximum atomic E-state index is 12.6. The van der Waals surface area contributed by atoms with Gasteiger partial charge in [-0.1, -0.05) is 0 Å². The summed E-state index contributed by atoms with van der Waals surface area (Å²) < 4.78 is 12.6. The summed E-state index contributed by atoms with van der Waals surface area (Å²) in [6, 6.07) is 5.88. The van der Waals surface area contributed by atoms with Gasteiger partial charge in [0.05, 0.1) is 0 Å². The molecule has 92 valence electrons. The van der Waals surface area contributed by atoms with Gasteiger partial charge in [0.1, 0.15) is 5.82 Å². The van der Waals surface area contributed by atoms with Gasteiger partial charge >= 0.3 is 0 Å². The number of hydrogen-bond donors (Lipinski definition) is 4. The van der Waals surface area contributed by atoms with Gasteiger partial charge in [-0.3, -0.25) is 10.9 Å². The average Bonchev–Trinajstić information content (AvgIpc) is 2.30. The van der Waals surface area contributed by atoms with E-state index in [0.29, 0.717) is 15.9 Å². The number of halogens is 1. The van der Waals surface area contributed by atoms with Crippen LogP contribution in [0.4, 0.5) is 10.1 Å². The standard InChI is InChI=1S/C10H13FN4S2/c1-2-12-9(16)14-15-10(17)13-8-5-3-7(11)4-6-8/h3-6H,2H2,1H3,(H2,12,14,16)(H2,13,15,17). The van der Waals surface area contributed by atoms with Crippen LogP contribution in [0.3, 0.4) is 0 Å². The van der Waals surface area contributed by atoms with Gasteiger partial charge in [-0.2, -0.15) is 0 Å². The Labute approximate surface area is 110 Å². The summed E-state index contributed by atoms with van der Waals surface area (Å²) in [5.41, 5.74) is 6.11. The van der Waals surface area contributed by atoms with E-state index in [1.165, 1.54) is 12.1 Å². The van der Waals surface area contributed by atoms with E-state index in [4.69, 9.17) is 24.4 Å². The third-order valence-corrected chi connectivity index (χ3v) is 2.18. The second-order valence-corrected chi connectivity index (χ2v) is 3.89. The molecule has 0 aliphatic heterocycles. The molecule has 0 saturated carbocycles. The van der Waals surface area contributed by atoms with Crippen LogP contribution in [0, 0.1) is 5.82 Å². The molecule has 0 radical (unpaired) electrons. The van der Waals surface area contributed by atoms with Crippen molar-refractivity contribution < 1.29 is 4.39 Å². The normalized spacial score (nSPS) is 9.29. The quantitative estimate of drug-likeness (QED) is 0.484. The fourth-order valence-electron chi connectivity index (χ4n) is 1.01. The van der Waals surface area contributed by atoms with Gasteiger partial charge in [-0.05, 0) is 55.6 Å². The third-order valence-electron chi connectivity index (χ3n) is 1.73. The van der Waals surface area contributed by atoms with E-state index >= 15 is 0 Å². The van der Waals surface area contributed by atoms with Crippen molar-refractivity contribution >= 4 is 40.3 Å². The second kappa shape index (κ2) is 6.97. The highest BCUT2D eigenvalue weighted by Crippen LogP contribution is 2.07. The van der Waals surface area contributed by atoms with E-state index in [-0.39, 0.29) is 5.82 Å². The maximum Gasteiger partial charge on any atom is 0.189 e. The fourth-order valence-corrected chi connectivity index (χ4v) is 1.38. The van der Waals surface area contributed by atoms with Gasteiger partial charge in [0.2, 0.25) is 0 Å². The van der Waals surface area contributed by atoms with Crippen LogP contribution in [0.25, 0.3) is 0 Å². The SMILES string of the molecule is CCNC(=S)NNC(=S)Nc1ccc(F)cc1. The lowest BCUT2D eigenvalue weighted by Gasteiger charge is -2.13. The van der Waals surface area contributed by atoms with Crippen molar-refractivity contribution in [2.45, 2.75) is 6.92 Å². The van der Waals surface area contributed by atoms with Crippen molar-refractivity contribution in [3.05, 3.63) is 30.1 Å². The maximum absolute atomic E-state index is 12.6. The minimum absolute atomic E-state index is 0.291. The summed E-state index contributed by atoms with van der Waals surface area (Å²) >= 11 is 9.94. The molecule has 0 amide bonds. The molecule has 4 nitrogen and oxygen atoms in total. The van der Waals surface area contributed by atoms with E-state index < -0.39 is 0 Å². The van der Waals surface area contributed by atoms with Gasteiger partial charge in [-0.25, -0.2) is 4.39 Å². The van der Waals surface area contributed by atoms with E-state index in [9.17, 15) is 4.39 Å². The monoisotopic (exact) mass is 272 g/mol. The van der Waals surface area contributed by atoms with Gasteiger partial charge in [0, 0.05) is 12.2 Å². The summed E-state index contributed by atoms with van der Waals surface area (Å²) in [6.45, 7) is 2.66. The van der Waals surface area contributed by atoms with Crippen LogP contribution in [0.1, 0.15) is 6.92 Å². The molecule has 0 aliphatic carbocycles. The average molecular weight is 272 g/mol. The molecule has 0 unspecified atom stereocenters. The number of rotatable bonds is 2. The summed E-state index contributed by atoms with van der Waals surface area (Å²) in [6.07, 6.45) is 0. The lowest BCUT2D eigenvalue weighted by atomic mass is 10.3. The van der Waals surface area contributed by atoms with Crippen molar-refractivity contribution in [2.75, 3.05) is 11.9 Å². The Morgan fingerprint density at radius 3 is 2.29 bits per heavy atom. The minimum Gasteiger partial charge on any atom is -0.362 e. The number of hydrogen-bond acceptors (Lipinski definition) is 2. The number of anilines is 1. The van der Waals surface area contributed by atoms with Crippen molar-refractivity contribution in [1.82, 2.24) is 16.2 Å². The Hall–Kier alpha value is -1.47. The highest BCUT2D eigenvalue weighted by atomic mass is 32.1. The topological polar surface area (TPSA) is 48.1 Å². The zero-order valence-electron chi connectivity index (χ0n) is 9.21. The first-order chi connectivity index (χ1) is 8.11. The van der Waals surface area contributed by atoms with Crippen LogP contribution < -0.4 is 21.5 Å². The number of thiocarbonyl (C=S) groups is 2. The molecular weight excluding hydrogens is 259 g/mol. The molecule has 1 aromatic carbocycles. The Bertz CT molecular complexity index is 394. The molecule has 0 atom stereocenters. The fraction of sp³-hybridized carbons (Fsp3) is 0.200. The molecule has 0 saturated heterocycles. The zero-order chi connectivity index (χ0) is 12.7. The largest absolute Gasteiger partial charge is 0.362 e. The van der Waals surface area contributed by atoms with Crippen LogP contribution in [-0.2, 0) is 0 Å². The molecule has 0 spiro atoms. The van der Waals surface area contributed by atoms with E-state index in [0.717, 1.165) is 6.54 Å². The van der Waals surface area contributed by atoms with Gasteiger partial charge in [-0.15, -0.1) is 0 Å². The van der Waals surface area contributed by atoms with Crippen LogP contribution in [0.15, 0.2) is 24.3 Å². The first kappa shape index (κ1) is 13.6. The first-order valence-corrected chi connectivity index (χ1v) is 5.80. The first-order valence-electron chi connectivity index (χ1n) is 4.98. The van der Waals surface area contributed by atoms with E-state index in [1.807, 2.05) is 6.92 Å². The molecule has 0 aromatic heterocycles. The van der Waals surface area contributed by atoms with Crippen LogP contribution >= 0.6 is 24.4 Å². The third kappa shape index (κ3) is 5.41. The van der Waals surface area contributed by atoms with Gasteiger partial charge in [0.25, 0.3) is 0 Å². The zero-order valence-corrected chi connectivity index (χ0v) is 10.8. The molecule has 0 bridgehead atoms. The van der Waals surface area contributed by atoms with E-state index in [2.05, 4.69) is 21.5 Å². The molecule has 7 heteroatoms. The molecule has 0 fully saturated rings. The van der Waals surface area contributed by atoms with Crippen LogP contribution in [0.2, 0.25) is 0 Å². The summed E-state index contributed by atoms with van der Waals surface area (Å²) in [7, 11) is 0. The lowest BCUT2D eigenvalue weighted by molar-refractivity contribution is 0.628. The predicted octanol–water partition coefficient (Wildman–Crippen LogP) is 1.51. The molecule has 17 heavy (non-hydrogen) atoms. The second-order valence-electron chi connectivity index (χ2n) is 3.07. The van der Waals surface area contributed by atoms with Crippen molar-refractivity contribution in [1.29, 1.82) is 0 Å². The molecule has 1 rings (SSSR count). The minimum atomic E-state index is -0.291. The molecule has 1 aromatic rings. The predicted molar refractivity (Wildman–Crippen MR) is 75.2 cm³/mol. The molecule has 0 heterocycles.